The van der Waals surface area contributed by atoms with E-state index < -0.39 is 0 Å². The standard InChI is InChI=1S/C17H16BrN3O4S/c1-3-8-24-11-5-4-10(9-13(11)23-2)15-19-17(26-21-15)20-16(22)12-6-7-14(18)25-12/h4-7,9H,3,8H2,1-2H3,(H,19,20,21,22). The minimum Gasteiger partial charge on any atom is -0.493 e. The Kier molecular flexibility index (Phi) is 5.89. The molecule has 26 heavy (non-hydrogen) atoms. The van der Waals surface area contributed by atoms with Gasteiger partial charge in [-0.1, -0.05) is 6.92 Å². The largest absolute Gasteiger partial charge is 0.493 e. The molecule has 1 amide bonds. The molecule has 9 heteroatoms. The summed E-state index contributed by atoms with van der Waals surface area (Å²) in [4.78, 5) is 16.4. The van der Waals surface area contributed by atoms with E-state index in [4.69, 9.17) is 13.9 Å². The van der Waals surface area contributed by atoms with Gasteiger partial charge in [0.15, 0.2) is 27.8 Å². The third-order valence-electron chi connectivity index (χ3n) is 3.33. The molecule has 0 saturated heterocycles. The molecule has 3 rings (SSSR count). The Bertz CT molecular complexity index is 909. The molecule has 0 aliphatic carbocycles. The number of carbonyl (C=O) groups excluding carboxylic acids is 1. The Morgan fingerprint density at radius 2 is 2.15 bits per heavy atom. The quantitative estimate of drug-likeness (QED) is 0.580. The summed E-state index contributed by atoms with van der Waals surface area (Å²) in [6, 6.07) is 8.70. The van der Waals surface area contributed by atoms with E-state index in [0.717, 1.165) is 23.5 Å². The van der Waals surface area contributed by atoms with Gasteiger partial charge in [0, 0.05) is 17.1 Å². The molecule has 0 unspecified atom stereocenters. The van der Waals surface area contributed by atoms with Crippen molar-refractivity contribution in [3.8, 4) is 22.9 Å². The number of furan rings is 1. The van der Waals surface area contributed by atoms with Crippen LogP contribution in [-0.4, -0.2) is 29.0 Å². The molecule has 0 aliphatic rings. The minimum absolute atomic E-state index is 0.188. The number of benzene rings is 1. The molecule has 0 fully saturated rings. The fourth-order valence-electron chi connectivity index (χ4n) is 2.12. The van der Waals surface area contributed by atoms with Crippen molar-refractivity contribution < 1.29 is 18.7 Å². The molecule has 0 saturated carbocycles. The Labute approximate surface area is 162 Å². The molecule has 1 aromatic carbocycles. The third-order valence-corrected chi connectivity index (χ3v) is 4.38. The SMILES string of the molecule is CCCOc1ccc(-c2nsc(NC(=O)c3ccc(Br)o3)n2)cc1OC. The lowest BCUT2D eigenvalue weighted by molar-refractivity contribution is 0.0995. The molecule has 0 radical (unpaired) electrons. The number of nitrogens with one attached hydrogen (secondary N) is 1. The van der Waals surface area contributed by atoms with Crippen LogP contribution in [0.5, 0.6) is 11.5 Å². The van der Waals surface area contributed by atoms with Crippen LogP contribution >= 0.6 is 27.5 Å². The zero-order chi connectivity index (χ0) is 18.5. The van der Waals surface area contributed by atoms with Gasteiger partial charge in [-0.2, -0.15) is 9.36 Å². The van der Waals surface area contributed by atoms with Crippen LogP contribution in [0.4, 0.5) is 5.13 Å². The molecule has 3 aromatic rings. The van der Waals surface area contributed by atoms with Gasteiger partial charge in [0.25, 0.3) is 5.91 Å². The first kappa shape index (κ1) is 18.4. The van der Waals surface area contributed by atoms with Crippen LogP contribution in [-0.2, 0) is 0 Å². The normalized spacial score (nSPS) is 10.6. The number of hydrogen-bond donors (Lipinski definition) is 1. The molecule has 7 nitrogen and oxygen atoms in total. The van der Waals surface area contributed by atoms with Crippen molar-refractivity contribution in [2.75, 3.05) is 19.0 Å². The minimum atomic E-state index is -0.390. The Hall–Kier alpha value is -2.39. The van der Waals surface area contributed by atoms with Gasteiger partial charge in [-0.15, -0.1) is 0 Å². The van der Waals surface area contributed by atoms with E-state index >= 15 is 0 Å². The summed E-state index contributed by atoms with van der Waals surface area (Å²) in [5.41, 5.74) is 0.767. The first-order valence-electron chi connectivity index (χ1n) is 7.82. The van der Waals surface area contributed by atoms with Gasteiger partial charge in [-0.05, 0) is 52.7 Å². The second kappa shape index (κ2) is 8.33. The number of aromatic nitrogens is 2. The Balaban J connectivity index is 1.75. The summed E-state index contributed by atoms with van der Waals surface area (Å²) in [7, 11) is 1.58. The molecule has 0 atom stereocenters. The van der Waals surface area contributed by atoms with Crippen molar-refractivity contribution in [1.82, 2.24) is 9.36 Å². The predicted octanol–water partition coefficient (Wildman–Crippen LogP) is 4.61. The summed E-state index contributed by atoms with van der Waals surface area (Å²) in [6.07, 6.45) is 0.911. The first-order valence-corrected chi connectivity index (χ1v) is 9.39. The van der Waals surface area contributed by atoms with Gasteiger partial charge in [-0.25, -0.2) is 0 Å². The number of carbonyl (C=O) groups is 1. The van der Waals surface area contributed by atoms with Crippen LogP contribution in [0.1, 0.15) is 23.9 Å². The van der Waals surface area contributed by atoms with Crippen LogP contribution in [0, 0.1) is 0 Å². The maximum absolute atomic E-state index is 12.1. The van der Waals surface area contributed by atoms with Gasteiger partial charge in [-0.3, -0.25) is 10.1 Å². The molecular formula is C17H16BrN3O4S. The second-order valence-electron chi connectivity index (χ2n) is 5.20. The molecule has 0 spiro atoms. The van der Waals surface area contributed by atoms with E-state index in [-0.39, 0.29) is 11.7 Å². The molecule has 2 heterocycles. The lowest BCUT2D eigenvalue weighted by Gasteiger charge is -2.10. The van der Waals surface area contributed by atoms with E-state index in [1.807, 2.05) is 25.1 Å². The van der Waals surface area contributed by atoms with E-state index in [0.29, 0.717) is 33.7 Å². The summed E-state index contributed by atoms with van der Waals surface area (Å²) < 4.78 is 21.0. The molecule has 1 N–H and O–H groups in total. The maximum atomic E-state index is 12.1. The molecule has 136 valence electrons. The fourth-order valence-corrected chi connectivity index (χ4v) is 3.02. The molecule has 0 aliphatic heterocycles. The number of ether oxygens (including phenoxy) is 2. The van der Waals surface area contributed by atoms with E-state index in [9.17, 15) is 4.79 Å². The van der Waals surface area contributed by atoms with Crippen molar-refractivity contribution >= 4 is 38.5 Å². The van der Waals surface area contributed by atoms with Crippen LogP contribution in [0.25, 0.3) is 11.4 Å². The van der Waals surface area contributed by atoms with Gasteiger partial charge in [0.05, 0.1) is 13.7 Å². The Morgan fingerprint density at radius 1 is 1.31 bits per heavy atom. The highest BCUT2D eigenvalue weighted by atomic mass is 79.9. The monoisotopic (exact) mass is 437 g/mol. The van der Waals surface area contributed by atoms with Gasteiger partial charge < -0.3 is 13.9 Å². The second-order valence-corrected chi connectivity index (χ2v) is 6.73. The number of nitrogens with zero attached hydrogens (tertiary/aromatic N) is 2. The first-order chi connectivity index (χ1) is 12.6. The van der Waals surface area contributed by atoms with Gasteiger partial charge in [0.2, 0.25) is 5.13 Å². The third kappa shape index (κ3) is 4.23. The van der Waals surface area contributed by atoms with Crippen LogP contribution in [0.15, 0.2) is 39.4 Å². The van der Waals surface area contributed by atoms with Crippen molar-refractivity contribution in [3.63, 3.8) is 0 Å². The van der Waals surface area contributed by atoms with E-state index in [1.54, 1.807) is 19.2 Å². The fraction of sp³-hybridized carbons (Fsp3) is 0.235. The summed E-state index contributed by atoms with van der Waals surface area (Å²) in [5, 5.41) is 3.04. The highest BCUT2D eigenvalue weighted by Gasteiger charge is 2.15. The Morgan fingerprint density at radius 3 is 2.85 bits per heavy atom. The van der Waals surface area contributed by atoms with Crippen molar-refractivity contribution in [1.29, 1.82) is 0 Å². The number of anilines is 1. The zero-order valence-corrected chi connectivity index (χ0v) is 16.5. The summed E-state index contributed by atoms with van der Waals surface area (Å²) in [6.45, 7) is 2.65. The van der Waals surface area contributed by atoms with E-state index in [1.165, 1.54) is 0 Å². The average Bonchev–Trinajstić information content (AvgIpc) is 3.29. The van der Waals surface area contributed by atoms with Crippen LogP contribution < -0.4 is 14.8 Å². The topological polar surface area (TPSA) is 86.5 Å². The van der Waals surface area contributed by atoms with Crippen molar-refractivity contribution in [3.05, 3.63) is 40.8 Å². The molecular weight excluding hydrogens is 422 g/mol. The molecule has 0 bridgehead atoms. The zero-order valence-electron chi connectivity index (χ0n) is 14.1. The number of hydrogen-bond acceptors (Lipinski definition) is 7. The van der Waals surface area contributed by atoms with Gasteiger partial charge in [0.1, 0.15) is 0 Å². The summed E-state index contributed by atoms with van der Waals surface area (Å²) >= 11 is 4.25. The highest BCUT2D eigenvalue weighted by molar-refractivity contribution is 9.10. The number of methoxy groups -OCH3 is 1. The lowest BCUT2D eigenvalue weighted by Crippen LogP contribution is -2.10. The van der Waals surface area contributed by atoms with Crippen LogP contribution in [0.3, 0.4) is 0 Å². The summed E-state index contributed by atoms with van der Waals surface area (Å²) in [5.74, 6) is 1.57. The van der Waals surface area contributed by atoms with Crippen molar-refractivity contribution in [2.45, 2.75) is 13.3 Å². The maximum Gasteiger partial charge on any atom is 0.293 e. The molecule has 2 aromatic heterocycles. The lowest BCUT2D eigenvalue weighted by atomic mass is 10.2. The predicted molar refractivity (Wildman–Crippen MR) is 102 cm³/mol. The van der Waals surface area contributed by atoms with E-state index in [2.05, 4.69) is 30.6 Å². The smallest absolute Gasteiger partial charge is 0.293 e. The van der Waals surface area contributed by atoms with Crippen molar-refractivity contribution in [2.24, 2.45) is 0 Å². The van der Waals surface area contributed by atoms with Gasteiger partial charge >= 0.3 is 0 Å². The number of amides is 1. The highest BCUT2D eigenvalue weighted by Crippen LogP contribution is 2.32. The number of rotatable bonds is 7. The number of halogens is 1. The van der Waals surface area contributed by atoms with Crippen LogP contribution in [0.2, 0.25) is 0 Å². The average molecular weight is 438 g/mol.